The van der Waals surface area contributed by atoms with Crippen molar-refractivity contribution < 1.29 is 9.59 Å². The lowest BCUT2D eigenvalue weighted by Crippen LogP contribution is -2.34. The summed E-state index contributed by atoms with van der Waals surface area (Å²) in [6.07, 6.45) is 3.20. The van der Waals surface area contributed by atoms with Crippen LogP contribution in [0.2, 0.25) is 0 Å². The molecule has 0 radical (unpaired) electrons. The molecule has 6 heteroatoms. The molecule has 2 heterocycles. The van der Waals surface area contributed by atoms with Crippen LogP contribution in [-0.2, 0) is 16.0 Å². The van der Waals surface area contributed by atoms with Crippen LogP contribution in [0.5, 0.6) is 0 Å². The zero-order chi connectivity index (χ0) is 19.4. The second-order valence-corrected chi connectivity index (χ2v) is 7.04. The Morgan fingerprint density at radius 3 is 2.41 bits per heavy atom. The molecule has 1 aromatic heterocycles. The Morgan fingerprint density at radius 2 is 1.81 bits per heavy atom. The van der Waals surface area contributed by atoms with Gasteiger partial charge < -0.3 is 5.32 Å². The maximum absolute atomic E-state index is 12.3. The van der Waals surface area contributed by atoms with Gasteiger partial charge in [0.1, 0.15) is 11.5 Å². The van der Waals surface area contributed by atoms with E-state index in [-0.39, 0.29) is 11.8 Å². The molecule has 0 saturated carbocycles. The minimum absolute atomic E-state index is 0.0875. The van der Waals surface area contributed by atoms with E-state index in [1.54, 1.807) is 19.3 Å². The number of hydrazone groups is 1. The highest BCUT2D eigenvalue weighted by Gasteiger charge is 2.22. The van der Waals surface area contributed by atoms with Crippen molar-refractivity contribution in [3.8, 4) is 0 Å². The van der Waals surface area contributed by atoms with Crippen molar-refractivity contribution in [2.24, 2.45) is 5.10 Å². The number of nitrogens with zero attached hydrogens (tertiary/aromatic N) is 3. The van der Waals surface area contributed by atoms with Gasteiger partial charge in [0, 0.05) is 26.1 Å². The smallest absolute Gasteiger partial charge is 0.273 e. The molecule has 3 rings (SSSR count). The van der Waals surface area contributed by atoms with Crippen molar-refractivity contribution in [1.82, 2.24) is 9.99 Å². The van der Waals surface area contributed by atoms with Gasteiger partial charge in [-0.1, -0.05) is 44.2 Å². The minimum atomic E-state index is -0.320. The summed E-state index contributed by atoms with van der Waals surface area (Å²) in [4.78, 5) is 28.0. The highest BCUT2D eigenvalue weighted by Crippen LogP contribution is 2.17. The first kappa shape index (κ1) is 18.8. The summed E-state index contributed by atoms with van der Waals surface area (Å²) in [5.41, 5.74) is 3.97. The third-order valence-corrected chi connectivity index (χ3v) is 4.59. The van der Waals surface area contributed by atoms with Gasteiger partial charge >= 0.3 is 0 Å². The summed E-state index contributed by atoms with van der Waals surface area (Å²) >= 11 is 0. The zero-order valence-corrected chi connectivity index (χ0v) is 15.9. The lowest BCUT2D eigenvalue weighted by molar-refractivity contribution is -0.130. The highest BCUT2D eigenvalue weighted by molar-refractivity contribution is 6.43. The van der Waals surface area contributed by atoms with E-state index < -0.39 is 0 Å². The maximum Gasteiger partial charge on any atom is 0.273 e. The first-order chi connectivity index (χ1) is 12.9. The van der Waals surface area contributed by atoms with E-state index in [1.807, 2.05) is 6.07 Å². The van der Waals surface area contributed by atoms with Crippen molar-refractivity contribution in [3.05, 3.63) is 59.3 Å². The van der Waals surface area contributed by atoms with Gasteiger partial charge in [-0.05, 0) is 35.1 Å². The van der Waals surface area contributed by atoms with Crippen molar-refractivity contribution in [3.63, 3.8) is 0 Å². The number of carbonyl (C=O) groups is 2. The number of pyridine rings is 1. The second kappa shape index (κ2) is 8.12. The van der Waals surface area contributed by atoms with E-state index in [2.05, 4.69) is 53.5 Å². The summed E-state index contributed by atoms with van der Waals surface area (Å²) in [5, 5.41) is 7.96. The quantitative estimate of drug-likeness (QED) is 0.884. The Kier molecular flexibility index (Phi) is 5.64. The number of nitrogens with one attached hydrogen (secondary N) is 1. The van der Waals surface area contributed by atoms with Gasteiger partial charge in [-0.25, -0.2) is 9.99 Å². The molecule has 0 bridgehead atoms. The molecule has 2 amide bonds. The number of hydrogen-bond donors (Lipinski definition) is 1. The first-order valence-corrected chi connectivity index (χ1v) is 9.11. The van der Waals surface area contributed by atoms with Crippen LogP contribution in [0.1, 0.15) is 49.3 Å². The standard InChI is InChI=1S/C21H24N4O2/c1-14(2)17-7-4-15(5-8-17)12-16-6-10-19(22-13-16)23-21(27)18-9-11-20(26)25(3)24-18/h4-8,10,13-14H,9,11-12H2,1-3H3,(H,22,23,27). The molecule has 1 aromatic carbocycles. The van der Waals surface area contributed by atoms with Crippen LogP contribution in [-0.4, -0.2) is 34.6 Å². The van der Waals surface area contributed by atoms with Crippen LogP contribution in [0.3, 0.4) is 0 Å². The highest BCUT2D eigenvalue weighted by atomic mass is 16.2. The van der Waals surface area contributed by atoms with Gasteiger partial charge in [0.15, 0.2) is 0 Å². The Balaban J connectivity index is 1.61. The predicted octanol–water partition coefficient (Wildman–Crippen LogP) is 3.34. The van der Waals surface area contributed by atoms with Crippen LogP contribution in [0.15, 0.2) is 47.7 Å². The fourth-order valence-corrected chi connectivity index (χ4v) is 2.88. The Morgan fingerprint density at radius 1 is 1.11 bits per heavy atom. The number of rotatable bonds is 5. The number of aromatic nitrogens is 1. The van der Waals surface area contributed by atoms with Crippen LogP contribution in [0.25, 0.3) is 0 Å². The molecule has 0 saturated heterocycles. The molecular formula is C21H24N4O2. The van der Waals surface area contributed by atoms with E-state index in [0.29, 0.717) is 30.3 Å². The largest absolute Gasteiger partial charge is 0.305 e. The SMILES string of the molecule is CC(C)c1ccc(Cc2ccc(NC(=O)C3=NN(C)C(=O)CC3)nc2)cc1. The second-order valence-electron chi connectivity index (χ2n) is 7.04. The molecule has 6 nitrogen and oxygen atoms in total. The van der Waals surface area contributed by atoms with E-state index in [9.17, 15) is 9.59 Å². The number of carbonyl (C=O) groups excluding carboxylic acids is 2. The third kappa shape index (κ3) is 4.78. The molecular weight excluding hydrogens is 340 g/mol. The van der Waals surface area contributed by atoms with Gasteiger partial charge in [0.2, 0.25) is 5.91 Å². The van der Waals surface area contributed by atoms with Crippen LogP contribution >= 0.6 is 0 Å². The Bertz CT molecular complexity index is 855. The minimum Gasteiger partial charge on any atom is -0.305 e. The third-order valence-electron chi connectivity index (χ3n) is 4.59. The maximum atomic E-state index is 12.3. The first-order valence-electron chi connectivity index (χ1n) is 9.11. The molecule has 27 heavy (non-hydrogen) atoms. The summed E-state index contributed by atoms with van der Waals surface area (Å²) in [7, 11) is 1.55. The van der Waals surface area contributed by atoms with Gasteiger partial charge in [0.25, 0.3) is 5.91 Å². The van der Waals surface area contributed by atoms with Crippen LogP contribution < -0.4 is 5.32 Å². The van der Waals surface area contributed by atoms with Gasteiger partial charge in [-0.2, -0.15) is 5.10 Å². The summed E-state index contributed by atoms with van der Waals surface area (Å²) in [6.45, 7) is 4.36. The molecule has 0 aliphatic carbocycles. The number of amides is 2. The van der Waals surface area contributed by atoms with E-state index in [0.717, 1.165) is 12.0 Å². The lowest BCUT2D eigenvalue weighted by atomic mass is 9.99. The molecule has 0 fully saturated rings. The fourth-order valence-electron chi connectivity index (χ4n) is 2.88. The Hall–Kier alpha value is -3.02. The lowest BCUT2D eigenvalue weighted by Gasteiger charge is -2.18. The van der Waals surface area contributed by atoms with Gasteiger partial charge in [-0.15, -0.1) is 0 Å². The molecule has 1 N–H and O–H groups in total. The normalized spacial score (nSPS) is 14.3. The van der Waals surface area contributed by atoms with Crippen molar-refractivity contribution in [1.29, 1.82) is 0 Å². The summed E-state index contributed by atoms with van der Waals surface area (Å²) in [6, 6.07) is 12.3. The molecule has 1 aliphatic rings. The number of benzene rings is 1. The molecule has 2 aromatic rings. The average Bonchev–Trinajstić information content (AvgIpc) is 2.66. The number of anilines is 1. The monoisotopic (exact) mass is 364 g/mol. The topological polar surface area (TPSA) is 74.7 Å². The van der Waals surface area contributed by atoms with E-state index in [4.69, 9.17) is 0 Å². The van der Waals surface area contributed by atoms with E-state index >= 15 is 0 Å². The number of hydrogen-bond acceptors (Lipinski definition) is 4. The molecule has 1 aliphatic heterocycles. The predicted molar refractivity (Wildman–Crippen MR) is 106 cm³/mol. The van der Waals surface area contributed by atoms with Crippen molar-refractivity contribution in [2.45, 2.75) is 39.0 Å². The molecule has 0 atom stereocenters. The zero-order valence-electron chi connectivity index (χ0n) is 15.9. The Labute approximate surface area is 159 Å². The molecule has 0 unspecified atom stereocenters. The van der Waals surface area contributed by atoms with Gasteiger partial charge in [0.05, 0.1) is 0 Å². The molecule has 140 valence electrons. The van der Waals surface area contributed by atoms with Crippen molar-refractivity contribution >= 4 is 23.3 Å². The van der Waals surface area contributed by atoms with E-state index in [1.165, 1.54) is 16.1 Å². The van der Waals surface area contributed by atoms with Crippen LogP contribution in [0.4, 0.5) is 5.82 Å². The fraction of sp³-hybridized carbons (Fsp3) is 0.333. The van der Waals surface area contributed by atoms with Crippen molar-refractivity contribution in [2.75, 3.05) is 12.4 Å². The van der Waals surface area contributed by atoms with Gasteiger partial charge in [-0.3, -0.25) is 9.59 Å². The average molecular weight is 364 g/mol. The summed E-state index contributed by atoms with van der Waals surface area (Å²) in [5.74, 6) is 0.589. The summed E-state index contributed by atoms with van der Waals surface area (Å²) < 4.78 is 0. The van der Waals surface area contributed by atoms with Crippen LogP contribution in [0, 0.1) is 0 Å². The molecule has 0 spiro atoms.